The van der Waals surface area contributed by atoms with Crippen LogP contribution in [0.2, 0.25) is 0 Å². The highest BCUT2D eigenvalue weighted by molar-refractivity contribution is 8.02. The summed E-state index contributed by atoms with van der Waals surface area (Å²) >= 11 is 0. The van der Waals surface area contributed by atoms with Gasteiger partial charge in [0.1, 0.15) is 22.0 Å². The number of hydrogen-bond donors (Lipinski definition) is 6. The molecule has 3 atom stereocenters. The zero-order valence-electron chi connectivity index (χ0n) is 20.7. The Morgan fingerprint density at radius 3 is 2.32 bits per heavy atom. The zero-order chi connectivity index (χ0) is 28.2. The van der Waals surface area contributed by atoms with E-state index >= 15 is 0 Å². The summed E-state index contributed by atoms with van der Waals surface area (Å²) in [5.41, 5.74) is 8.85. The van der Waals surface area contributed by atoms with Crippen LogP contribution in [0.4, 0.5) is 5.69 Å². The fourth-order valence-corrected chi connectivity index (χ4v) is 9.42. The van der Waals surface area contributed by atoms with E-state index in [1.807, 2.05) is 0 Å². The molecule has 15 heteroatoms. The molecule has 8 N–H and O–H groups in total. The van der Waals surface area contributed by atoms with Crippen molar-refractivity contribution in [2.24, 2.45) is 17.4 Å². The number of nitrogens with zero attached hydrogens (tertiary/aromatic N) is 2. The molecule has 2 amide bonds. The minimum Gasteiger partial charge on any atom is -0.480 e. The van der Waals surface area contributed by atoms with E-state index in [1.54, 1.807) is 0 Å². The first kappa shape index (κ1) is 27.3. The number of carbonyl (C=O) groups is 4. The molecule has 1 saturated carbocycles. The first-order valence-electron chi connectivity index (χ1n) is 12.1. The van der Waals surface area contributed by atoms with E-state index in [2.05, 4.69) is 10.3 Å². The standard InChI is InChI=1S/C23H30N6O8S/c1-11-13(9-14(18(24)25)28-16(11)19(26)31)27-10-15(30)29-8-7-22(17(20(32)33)38(22,36)37)23(29,21(34)35)12-5-3-2-4-6-12/h9,12,17H,2-8,10H2,1H3,(H3,24,25)(H2,26,31)(H,27,28)(H,32,33)(H,34,35)/t17?,22?,23-/m1/s1. The molecule has 0 aromatic carbocycles. The molecule has 2 saturated heterocycles. The second-order valence-corrected chi connectivity index (χ2v) is 12.3. The van der Waals surface area contributed by atoms with E-state index in [4.69, 9.17) is 16.9 Å². The van der Waals surface area contributed by atoms with Crippen molar-refractivity contribution in [2.75, 3.05) is 18.4 Å². The lowest BCUT2D eigenvalue weighted by atomic mass is 9.67. The molecule has 1 aromatic rings. The lowest BCUT2D eigenvalue weighted by molar-refractivity contribution is -0.162. The average molecular weight is 551 g/mol. The second kappa shape index (κ2) is 9.22. The predicted octanol–water partition coefficient (Wildman–Crippen LogP) is -0.559. The van der Waals surface area contributed by atoms with Crippen LogP contribution in [-0.4, -0.2) is 86.7 Å². The number of primary amides is 1. The summed E-state index contributed by atoms with van der Waals surface area (Å²) in [7, 11) is -4.36. The van der Waals surface area contributed by atoms with E-state index in [9.17, 15) is 37.8 Å². The number of aromatic nitrogens is 1. The quantitative estimate of drug-likeness (QED) is 0.136. The van der Waals surface area contributed by atoms with Crippen LogP contribution >= 0.6 is 0 Å². The maximum Gasteiger partial charge on any atom is 0.331 e. The maximum atomic E-state index is 13.6. The Hall–Kier alpha value is -3.75. The molecule has 3 heterocycles. The molecule has 3 fully saturated rings. The lowest BCUT2D eigenvalue weighted by Crippen LogP contribution is -2.66. The van der Waals surface area contributed by atoms with E-state index in [1.165, 1.54) is 13.0 Å². The van der Waals surface area contributed by atoms with Crippen LogP contribution in [0, 0.1) is 18.3 Å². The van der Waals surface area contributed by atoms with Crippen LogP contribution in [-0.2, 0) is 24.2 Å². The molecule has 0 bridgehead atoms. The number of carbonyl (C=O) groups excluding carboxylic acids is 2. The van der Waals surface area contributed by atoms with Gasteiger partial charge in [0, 0.05) is 17.8 Å². The van der Waals surface area contributed by atoms with Gasteiger partial charge in [0.2, 0.25) is 5.91 Å². The third kappa shape index (κ3) is 3.62. The van der Waals surface area contributed by atoms with Gasteiger partial charge in [-0.05, 0) is 38.2 Å². The van der Waals surface area contributed by atoms with E-state index in [0.717, 1.165) is 11.3 Å². The Kier molecular flexibility index (Phi) is 6.62. The summed E-state index contributed by atoms with van der Waals surface area (Å²) in [6, 6.07) is 1.33. The number of nitrogens with two attached hydrogens (primary N) is 2. The van der Waals surface area contributed by atoms with Crippen molar-refractivity contribution in [3.05, 3.63) is 23.0 Å². The second-order valence-electron chi connectivity index (χ2n) is 10.0. The summed E-state index contributed by atoms with van der Waals surface area (Å²) in [4.78, 5) is 55.4. The number of amidine groups is 1. The third-order valence-electron chi connectivity index (χ3n) is 8.22. The van der Waals surface area contributed by atoms with Gasteiger partial charge in [0.05, 0.1) is 6.54 Å². The normalized spacial score (nSPS) is 28.1. The van der Waals surface area contributed by atoms with Gasteiger partial charge in [-0.15, -0.1) is 0 Å². The van der Waals surface area contributed by atoms with Gasteiger partial charge in [-0.3, -0.25) is 19.8 Å². The molecule has 2 unspecified atom stereocenters. The molecule has 14 nitrogen and oxygen atoms in total. The topological polar surface area (TPSA) is 247 Å². The van der Waals surface area contributed by atoms with Gasteiger partial charge in [-0.1, -0.05) is 19.3 Å². The van der Waals surface area contributed by atoms with Crippen molar-refractivity contribution >= 4 is 45.1 Å². The molecular weight excluding hydrogens is 520 g/mol. The van der Waals surface area contributed by atoms with Crippen molar-refractivity contribution in [3.8, 4) is 0 Å². The number of pyridine rings is 1. The van der Waals surface area contributed by atoms with Crippen LogP contribution in [0.3, 0.4) is 0 Å². The monoisotopic (exact) mass is 550 g/mol. The number of likely N-dealkylation sites (tertiary alicyclic amines) is 1. The molecule has 2 aliphatic heterocycles. The Balaban J connectivity index is 1.74. The average Bonchev–Trinajstić information content (AvgIpc) is 3.15. The molecule has 4 rings (SSSR count). The molecule has 1 spiro atoms. The Labute approximate surface area is 218 Å². The third-order valence-corrected chi connectivity index (χ3v) is 11.0. The zero-order valence-corrected chi connectivity index (χ0v) is 21.5. The van der Waals surface area contributed by atoms with E-state index in [0.29, 0.717) is 25.7 Å². The number of nitrogens with one attached hydrogen (secondary N) is 2. The van der Waals surface area contributed by atoms with Gasteiger partial charge in [-0.25, -0.2) is 18.2 Å². The highest BCUT2D eigenvalue weighted by Crippen LogP contribution is 2.65. The largest absolute Gasteiger partial charge is 0.480 e. The SMILES string of the molecule is Cc1c(NCC(=O)N2CCC3(C(C(=O)O)S3(=O)=O)[C@]2(C(=O)O)C2CCCCC2)cc(C(=N)N)nc1C(N)=O. The van der Waals surface area contributed by atoms with Crippen LogP contribution in [0.1, 0.15) is 60.3 Å². The van der Waals surface area contributed by atoms with Gasteiger partial charge in [-0.2, -0.15) is 0 Å². The van der Waals surface area contributed by atoms with Crippen molar-refractivity contribution in [2.45, 2.75) is 61.0 Å². The van der Waals surface area contributed by atoms with Crippen LogP contribution < -0.4 is 16.8 Å². The van der Waals surface area contributed by atoms with Crippen molar-refractivity contribution in [3.63, 3.8) is 0 Å². The molecule has 1 aliphatic carbocycles. The minimum absolute atomic E-state index is 0.0741. The molecule has 3 aliphatic rings. The fraction of sp³-hybridized carbons (Fsp3) is 0.565. The summed E-state index contributed by atoms with van der Waals surface area (Å²) in [5.74, 6) is -5.99. The number of amides is 2. The highest BCUT2D eigenvalue weighted by atomic mass is 32.2. The summed E-state index contributed by atoms with van der Waals surface area (Å²) in [6.45, 7) is 0.759. The Bertz CT molecular complexity index is 1360. The molecule has 1 aromatic heterocycles. The van der Waals surface area contributed by atoms with Crippen molar-refractivity contribution < 1.29 is 37.8 Å². The van der Waals surface area contributed by atoms with Crippen LogP contribution in [0.15, 0.2) is 6.07 Å². The number of rotatable bonds is 8. The lowest BCUT2D eigenvalue weighted by Gasteiger charge is -2.45. The van der Waals surface area contributed by atoms with E-state index in [-0.39, 0.29) is 35.6 Å². The van der Waals surface area contributed by atoms with Gasteiger partial charge in [0.25, 0.3) is 5.91 Å². The summed E-state index contributed by atoms with van der Waals surface area (Å²) in [5, 5.41) is 28.9. The number of sulfone groups is 1. The highest BCUT2D eigenvalue weighted by Gasteiger charge is 2.90. The van der Waals surface area contributed by atoms with Crippen LogP contribution in [0.25, 0.3) is 0 Å². The summed E-state index contributed by atoms with van der Waals surface area (Å²) < 4.78 is 24.2. The number of aliphatic carboxylic acids is 2. The van der Waals surface area contributed by atoms with Gasteiger partial charge >= 0.3 is 11.9 Å². The minimum atomic E-state index is -4.36. The fourth-order valence-electron chi connectivity index (χ4n) is 6.59. The first-order chi connectivity index (χ1) is 17.7. The number of hydrogen-bond acceptors (Lipinski definition) is 9. The molecule has 206 valence electrons. The summed E-state index contributed by atoms with van der Waals surface area (Å²) in [6.07, 6.45) is 2.49. The molecular formula is C23H30N6O8S. The molecule has 0 radical (unpaired) electrons. The number of nitrogen functional groups attached to an aromatic ring is 1. The molecule has 38 heavy (non-hydrogen) atoms. The number of carboxylic acids is 2. The Morgan fingerprint density at radius 2 is 1.82 bits per heavy atom. The predicted molar refractivity (Wildman–Crippen MR) is 133 cm³/mol. The van der Waals surface area contributed by atoms with Crippen LogP contribution in [0.5, 0.6) is 0 Å². The van der Waals surface area contributed by atoms with Gasteiger partial charge in [0.15, 0.2) is 20.6 Å². The van der Waals surface area contributed by atoms with E-state index < -0.39 is 67.4 Å². The van der Waals surface area contributed by atoms with Crippen molar-refractivity contribution in [1.82, 2.24) is 9.88 Å². The number of anilines is 1. The maximum absolute atomic E-state index is 13.6. The Morgan fingerprint density at radius 1 is 1.18 bits per heavy atom. The first-order valence-corrected chi connectivity index (χ1v) is 13.7. The van der Waals surface area contributed by atoms with Crippen molar-refractivity contribution in [1.29, 1.82) is 5.41 Å². The smallest absolute Gasteiger partial charge is 0.331 e. The van der Waals surface area contributed by atoms with Gasteiger partial charge < -0.3 is 31.9 Å². The number of carboxylic acid groups (broad SMARTS) is 2.